The molecule has 1 atom stereocenters. The molecule has 0 saturated heterocycles. The first-order chi connectivity index (χ1) is 6.24. The van der Waals surface area contributed by atoms with Gasteiger partial charge in [0.25, 0.3) is 0 Å². The van der Waals surface area contributed by atoms with Crippen molar-refractivity contribution in [1.82, 2.24) is 0 Å². The summed E-state index contributed by atoms with van der Waals surface area (Å²) in [7, 11) is 0. The molecule has 77 valence electrons. The lowest BCUT2D eigenvalue weighted by atomic mass is 9.93. The minimum atomic E-state index is 0.401. The van der Waals surface area contributed by atoms with Crippen LogP contribution in [0.1, 0.15) is 58.8 Å². The standard InChI is InChI=1S/C12H23O/c1-4-7-9-11(6-3)10-12(13)8-5-2/h11H,2,4-10H2,1,3H3. The highest BCUT2D eigenvalue weighted by atomic mass is 16.1. The number of carbonyl (C=O) groups is 1. The van der Waals surface area contributed by atoms with Crippen molar-refractivity contribution in [2.75, 3.05) is 0 Å². The zero-order valence-corrected chi connectivity index (χ0v) is 9.14. The topological polar surface area (TPSA) is 17.1 Å². The van der Waals surface area contributed by atoms with Crippen LogP contribution in [0.25, 0.3) is 0 Å². The van der Waals surface area contributed by atoms with Crippen LogP contribution in [0, 0.1) is 12.8 Å². The predicted octanol–water partition coefficient (Wildman–Crippen LogP) is 3.78. The second-order valence-electron chi connectivity index (χ2n) is 3.76. The Hall–Kier alpha value is -0.330. The maximum atomic E-state index is 11.3. The van der Waals surface area contributed by atoms with Crippen LogP contribution in [0.5, 0.6) is 0 Å². The van der Waals surface area contributed by atoms with Crippen LogP contribution >= 0.6 is 0 Å². The summed E-state index contributed by atoms with van der Waals surface area (Å²) in [6, 6.07) is 0. The Morgan fingerprint density at radius 3 is 2.54 bits per heavy atom. The molecule has 0 heterocycles. The number of carbonyl (C=O) groups excluding carboxylic acids is 1. The Balaban J connectivity index is 3.62. The average Bonchev–Trinajstić information content (AvgIpc) is 2.12. The molecule has 13 heavy (non-hydrogen) atoms. The second kappa shape index (κ2) is 8.28. The van der Waals surface area contributed by atoms with Crippen molar-refractivity contribution in [2.24, 2.45) is 5.92 Å². The summed E-state index contributed by atoms with van der Waals surface area (Å²) in [5.74, 6) is 1.02. The van der Waals surface area contributed by atoms with Crippen LogP contribution in [0.15, 0.2) is 0 Å². The zero-order chi connectivity index (χ0) is 10.1. The average molecular weight is 183 g/mol. The third-order valence-electron chi connectivity index (χ3n) is 2.52. The third-order valence-corrected chi connectivity index (χ3v) is 2.52. The lowest BCUT2D eigenvalue weighted by Gasteiger charge is -2.12. The first-order valence-electron chi connectivity index (χ1n) is 5.55. The van der Waals surface area contributed by atoms with E-state index in [-0.39, 0.29) is 0 Å². The summed E-state index contributed by atoms with van der Waals surface area (Å²) in [5, 5.41) is 0. The van der Waals surface area contributed by atoms with E-state index >= 15 is 0 Å². The molecule has 0 aliphatic carbocycles. The Morgan fingerprint density at radius 2 is 2.08 bits per heavy atom. The summed E-state index contributed by atoms with van der Waals surface area (Å²) in [6.07, 6.45) is 7.06. The van der Waals surface area contributed by atoms with Crippen molar-refractivity contribution in [3.05, 3.63) is 6.92 Å². The molecule has 0 bridgehead atoms. The van der Waals surface area contributed by atoms with Gasteiger partial charge in [-0.1, -0.05) is 46.5 Å². The molecule has 0 aromatic heterocycles. The van der Waals surface area contributed by atoms with E-state index in [2.05, 4.69) is 20.8 Å². The van der Waals surface area contributed by atoms with Crippen LogP contribution in [0.2, 0.25) is 0 Å². The SMILES string of the molecule is [CH2]CCC(=O)CC(CC)CCCC. The summed E-state index contributed by atoms with van der Waals surface area (Å²) in [5.41, 5.74) is 0. The Morgan fingerprint density at radius 1 is 1.38 bits per heavy atom. The van der Waals surface area contributed by atoms with Gasteiger partial charge in [-0.15, -0.1) is 0 Å². The fraction of sp³-hybridized carbons (Fsp3) is 0.833. The number of hydrogen-bond donors (Lipinski definition) is 0. The van der Waals surface area contributed by atoms with Crippen molar-refractivity contribution < 1.29 is 4.79 Å². The molecule has 0 amide bonds. The zero-order valence-electron chi connectivity index (χ0n) is 9.14. The van der Waals surface area contributed by atoms with Crippen LogP contribution < -0.4 is 0 Å². The normalized spacial score (nSPS) is 12.8. The van der Waals surface area contributed by atoms with Crippen LogP contribution in [-0.2, 0) is 4.79 Å². The molecule has 0 aromatic rings. The molecule has 0 fully saturated rings. The molecule has 0 rings (SSSR count). The number of hydrogen-bond acceptors (Lipinski definition) is 1. The molecule has 0 saturated carbocycles. The van der Waals surface area contributed by atoms with Gasteiger partial charge in [0, 0.05) is 12.8 Å². The van der Waals surface area contributed by atoms with Gasteiger partial charge < -0.3 is 0 Å². The molecule has 0 aromatic carbocycles. The molecular weight excluding hydrogens is 160 g/mol. The van der Waals surface area contributed by atoms with Crippen molar-refractivity contribution in [3.8, 4) is 0 Å². The van der Waals surface area contributed by atoms with Gasteiger partial charge in [0.2, 0.25) is 0 Å². The first kappa shape index (κ1) is 12.7. The summed E-state index contributed by atoms with van der Waals surface area (Å²) < 4.78 is 0. The van der Waals surface area contributed by atoms with Gasteiger partial charge in [-0.3, -0.25) is 4.79 Å². The minimum Gasteiger partial charge on any atom is -0.300 e. The van der Waals surface area contributed by atoms with Gasteiger partial charge in [-0.25, -0.2) is 0 Å². The molecule has 1 radical (unpaired) electrons. The molecule has 1 unspecified atom stereocenters. The molecule has 0 N–H and O–H groups in total. The van der Waals surface area contributed by atoms with Gasteiger partial charge >= 0.3 is 0 Å². The third kappa shape index (κ3) is 6.80. The van der Waals surface area contributed by atoms with Crippen molar-refractivity contribution >= 4 is 5.78 Å². The summed E-state index contributed by atoms with van der Waals surface area (Å²) in [4.78, 5) is 11.3. The Kier molecular flexibility index (Phi) is 8.07. The molecular formula is C12H23O. The quantitative estimate of drug-likeness (QED) is 0.559. The maximum absolute atomic E-state index is 11.3. The van der Waals surface area contributed by atoms with E-state index < -0.39 is 0 Å². The number of unbranched alkanes of at least 4 members (excludes halogenated alkanes) is 1. The van der Waals surface area contributed by atoms with Crippen molar-refractivity contribution in [2.45, 2.75) is 58.8 Å². The van der Waals surface area contributed by atoms with E-state index in [0.29, 0.717) is 18.1 Å². The van der Waals surface area contributed by atoms with E-state index in [1.54, 1.807) is 0 Å². The van der Waals surface area contributed by atoms with E-state index in [1.165, 1.54) is 19.3 Å². The van der Waals surface area contributed by atoms with E-state index in [1.807, 2.05) is 0 Å². The van der Waals surface area contributed by atoms with Gasteiger partial charge in [0.1, 0.15) is 5.78 Å². The highest BCUT2D eigenvalue weighted by molar-refractivity contribution is 5.78. The van der Waals surface area contributed by atoms with Crippen molar-refractivity contribution in [3.63, 3.8) is 0 Å². The Bertz CT molecular complexity index is 129. The highest BCUT2D eigenvalue weighted by Gasteiger charge is 2.10. The second-order valence-corrected chi connectivity index (χ2v) is 3.76. The predicted molar refractivity (Wildman–Crippen MR) is 57.5 cm³/mol. The molecule has 0 aliphatic heterocycles. The monoisotopic (exact) mass is 183 g/mol. The fourth-order valence-corrected chi connectivity index (χ4v) is 1.56. The van der Waals surface area contributed by atoms with Crippen molar-refractivity contribution in [1.29, 1.82) is 0 Å². The maximum Gasteiger partial charge on any atom is 0.133 e. The first-order valence-corrected chi connectivity index (χ1v) is 5.55. The van der Waals surface area contributed by atoms with E-state index in [4.69, 9.17) is 0 Å². The Labute approximate surface area is 82.9 Å². The van der Waals surface area contributed by atoms with Gasteiger partial charge in [0.15, 0.2) is 0 Å². The van der Waals surface area contributed by atoms with E-state index in [9.17, 15) is 4.79 Å². The fourth-order valence-electron chi connectivity index (χ4n) is 1.56. The number of rotatable bonds is 8. The molecule has 0 spiro atoms. The number of Topliss-reactive ketones (excluding diaryl/α,β-unsaturated/α-hetero) is 1. The molecule has 1 nitrogen and oxygen atoms in total. The lowest BCUT2D eigenvalue weighted by molar-refractivity contribution is -0.120. The lowest BCUT2D eigenvalue weighted by Crippen LogP contribution is -2.07. The van der Waals surface area contributed by atoms with Crippen LogP contribution in [-0.4, -0.2) is 5.78 Å². The number of ketones is 1. The van der Waals surface area contributed by atoms with Crippen LogP contribution in [0.3, 0.4) is 0 Å². The van der Waals surface area contributed by atoms with Crippen LogP contribution in [0.4, 0.5) is 0 Å². The van der Waals surface area contributed by atoms with Gasteiger partial charge in [0.05, 0.1) is 0 Å². The van der Waals surface area contributed by atoms with Gasteiger partial charge in [-0.2, -0.15) is 0 Å². The summed E-state index contributed by atoms with van der Waals surface area (Å²) >= 11 is 0. The molecule has 0 aliphatic rings. The largest absolute Gasteiger partial charge is 0.300 e. The minimum absolute atomic E-state index is 0.401. The summed E-state index contributed by atoms with van der Waals surface area (Å²) in [6.45, 7) is 8.08. The highest BCUT2D eigenvalue weighted by Crippen LogP contribution is 2.17. The molecule has 1 heteroatoms. The van der Waals surface area contributed by atoms with Gasteiger partial charge in [-0.05, 0) is 12.3 Å². The smallest absolute Gasteiger partial charge is 0.133 e. The van der Waals surface area contributed by atoms with E-state index in [0.717, 1.165) is 19.3 Å².